The minimum Gasteiger partial charge on any atom is -0.315 e. The molecule has 1 atom stereocenters. The van der Waals surface area contributed by atoms with E-state index in [2.05, 4.69) is 10.0 Å². The molecule has 1 unspecified atom stereocenters. The molecule has 0 saturated carbocycles. The fourth-order valence-corrected chi connectivity index (χ4v) is 5.05. The van der Waals surface area contributed by atoms with E-state index in [-0.39, 0.29) is 16.8 Å². The smallest absolute Gasteiger partial charge is 0.258 e. The van der Waals surface area contributed by atoms with Crippen LogP contribution in [0.5, 0.6) is 0 Å². The largest absolute Gasteiger partial charge is 0.315 e. The number of amides is 1. The summed E-state index contributed by atoms with van der Waals surface area (Å²) in [7, 11) is -1.94. The molecule has 2 N–H and O–H groups in total. The maximum Gasteiger partial charge on any atom is 0.258 e. The molecule has 0 bridgehead atoms. The van der Waals surface area contributed by atoms with Gasteiger partial charge >= 0.3 is 0 Å². The lowest BCUT2D eigenvalue weighted by Gasteiger charge is -2.24. The Hall–Kier alpha value is -1.96. The molecule has 0 radical (unpaired) electrons. The first-order valence-corrected chi connectivity index (χ1v) is 9.54. The second kappa shape index (κ2) is 5.54. The number of nitrogens with one attached hydrogen (secondary N) is 2. The number of nitrogens with zero attached hydrogens (tertiary/aromatic N) is 1. The van der Waals surface area contributed by atoms with Crippen LogP contribution in [-0.4, -0.2) is 40.5 Å². The molecule has 0 aromatic heterocycles. The monoisotopic (exact) mass is 345 g/mol. The molecule has 4 rings (SSSR count). The van der Waals surface area contributed by atoms with Crippen molar-refractivity contribution in [3.63, 3.8) is 0 Å². The van der Waals surface area contributed by atoms with Gasteiger partial charge in [0.25, 0.3) is 5.91 Å². The fraction of sp³-hybridized carbons (Fsp3) is 0.353. The van der Waals surface area contributed by atoms with Gasteiger partial charge in [0.05, 0.1) is 10.6 Å². The molecular weight excluding hydrogens is 326 g/mol. The number of rotatable bonds is 3. The maximum absolute atomic E-state index is 12.9. The Balaban J connectivity index is 1.82. The second-order valence-electron chi connectivity index (χ2n) is 6.34. The zero-order valence-electron chi connectivity index (χ0n) is 13.4. The normalized spacial score (nSPS) is 20.8. The maximum atomic E-state index is 12.9. The zero-order valence-corrected chi connectivity index (χ0v) is 14.2. The Morgan fingerprint density at radius 2 is 2.08 bits per heavy atom. The van der Waals surface area contributed by atoms with Crippen LogP contribution in [0.25, 0.3) is 10.8 Å². The number of carbonyl (C=O) groups excluding carboxylic acids is 1. The highest BCUT2D eigenvalue weighted by Gasteiger charge is 2.30. The Morgan fingerprint density at radius 3 is 2.83 bits per heavy atom. The zero-order chi connectivity index (χ0) is 16.9. The third-order valence-electron chi connectivity index (χ3n) is 4.78. The first kappa shape index (κ1) is 15.6. The number of benzene rings is 2. The molecule has 1 saturated heterocycles. The molecule has 2 aliphatic rings. The van der Waals surface area contributed by atoms with Gasteiger partial charge in [-0.15, -0.1) is 0 Å². The predicted octanol–water partition coefficient (Wildman–Crippen LogP) is 1.46. The van der Waals surface area contributed by atoms with Gasteiger partial charge in [0.1, 0.15) is 0 Å². The minimum absolute atomic E-state index is 0.101. The van der Waals surface area contributed by atoms with Crippen molar-refractivity contribution in [2.24, 2.45) is 0 Å². The summed E-state index contributed by atoms with van der Waals surface area (Å²) in [5, 5.41) is 4.52. The third kappa shape index (κ3) is 2.31. The van der Waals surface area contributed by atoms with Crippen LogP contribution in [0, 0.1) is 0 Å². The van der Waals surface area contributed by atoms with Crippen LogP contribution >= 0.6 is 0 Å². The topological polar surface area (TPSA) is 78.5 Å². The van der Waals surface area contributed by atoms with Gasteiger partial charge in [-0.1, -0.05) is 12.1 Å². The number of anilines is 1. The highest BCUT2D eigenvalue weighted by molar-refractivity contribution is 7.89. The van der Waals surface area contributed by atoms with Gasteiger partial charge in [-0.3, -0.25) is 4.79 Å². The predicted molar refractivity (Wildman–Crippen MR) is 92.9 cm³/mol. The minimum atomic E-state index is -3.65. The van der Waals surface area contributed by atoms with Gasteiger partial charge in [-0.25, -0.2) is 13.1 Å². The number of carbonyl (C=O) groups is 1. The second-order valence-corrected chi connectivity index (χ2v) is 8.02. The van der Waals surface area contributed by atoms with Gasteiger partial charge in [-0.05, 0) is 37.6 Å². The molecule has 2 aromatic carbocycles. The van der Waals surface area contributed by atoms with Gasteiger partial charge in [-0.2, -0.15) is 0 Å². The van der Waals surface area contributed by atoms with E-state index in [0.29, 0.717) is 17.5 Å². The molecule has 7 heteroatoms. The lowest BCUT2D eigenvalue weighted by molar-refractivity contribution is 0.0999. The highest BCUT2D eigenvalue weighted by atomic mass is 32.2. The summed E-state index contributed by atoms with van der Waals surface area (Å²) in [6, 6.07) is 8.45. The molecule has 2 aromatic rings. The Labute approximate surface area is 140 Å². The molecule has 6 nitrogen and oxygen atoms in total. The first-order chi connectivity index (χ1) is 11.5. The van der Waals surface area contributed by atoms with Crippen molar-refractivity contribution in [3.05, 3.63) is 35.9 Å². The molecule has 2 aliphatic heterocycles. The van der Waals surface area contributed by atoms with Crippen molar-refractivity contribution in [2.45, 2.75) is 23.8 Å². The number of hydrogen-bond acceptors (Lipinski definition) is 4. The molecule has 126 valence electrons. The van der Waals surface area contributed by atoms with Crippen LogP contribution in [0.1, 0.15) is 23.2 Å². The van der Waals surface area contributed by atoms with E-state index in [1.165, 1.54) is 0 Å². The quantitative estimate of drug-likeness (QED) is 0.883. The van der Waals surface area contributed by atoms with Crippen LogP contribution in [0.3, 0.4) is 0 Å². The summed E-state index contributed by atoms with van der Waals surface area (Å²) in [6.07, 6.45) is 1.78. The van der Waals surface area contributed by atoms with Gasteiger partial charge in [0.2, 0.25) is 10.0 Å². The van der Waals surface area contributed by atoms with E-state index < -0.39 is 10.0 Å². The summed E-state index contributed by atoms with van der Waals surface area (Å²) in [5.74, 6) is -0.102. The molecule has 24 heavy (non-hydrogen) atoms. The van der Waals surface area contributed by atoms with Crippen molar-refractivity contribution < 1.29 is 13.2 Å². The van der Waals surface area contributed by atoms with E-state index >= 15 is 0 Å². The SMILES string of the molecule is CN1C(=O)c2cccc3c(S(=O)(=O)NC4CCCNC4)ccc1c23. The molecular formula is C17H19N3O3S. The average molecular weight is 345 g/mol. The van der Waals surface area contributed by atoms with Crippen molar-refractivity contribution >= 4 is 32.4 Å². The Morgan fingerprint density at radius 1 is 1.25 bits per heavy atom. The van der Waals surface area contributed by atoms with Crippen LogP contribution < -0.4 is 14.9 Å². The van der Waals surface area contributed by atoms with E-state index in [4.69, 9.17) is 0 Å². The van der Waals surface area contributed by atoms with Gasteiger partial charge < -0.3 is 10.2 Å². The molecule has 0 spiro atoms. The van der Waals surface area contributed by atoms with E-state index in [0.717, 1.165) is 30.5 Å². The standard InChI is InChI=1S/C17H19N3O3S/c1-20-14-7-8-15(12-5-2-6-13(16(12)14)17(20)21)24(22,23)19-11-4-3-9-18-10-11/h2,5-8,11,18-19H,3-4,9-10H2,1H3. The fourth-order valence-electron chi connectivity index (χ4n) is 3.58. The summed E-state index contributed by atoms with van der Waals surface area (Å²) in [6.45, 7) is 1.56. The lowest BCUT2D eigenvalue weighted by atomic mass is 10.1. The Kier molecular flexibility index (Phi) is 3.59. The third-order valence-corrected chi connectivity index (χ3v) is 6.36. The average Bonchev–Trinajstić information content (AvgIpc) is 2.82. The number of hydrogen-bond donors (Lipinski definition) is 2. The van der Waals surface area contributed by atoms with Crippen molar-refractivity contribution in [2.75, 3.05) is 25.0 Å². The van der Waals surface area contributed by atoms with Crippen molar-refractivity contribution in [1.82, 2.24) is 10.0 Å². The molecule has 2 heterocycles. The molecule has 0 aliphatic carbocycles. The van der Waals surface area contributed by atoms with Crippen molar-refractivity contribution in [1.29, 1.82) is 0 Å². The van der Waals surface area contributed by atoms with Gasteiger partial charge in [0.15, 0.2) is 0 Å². The number of sulfonamides is 1. The van der Waals surface area contributed by atoms with Crippen LogP contribution in [0.4, 0.5) is 5.69 Å². The van der Waals surface area contributed by atoms with E-state index in [9.17, 15) is 13.2 Å². The summed E-state index contributed by atoms with van der Waals surface area (Å²) >= 11 is 0. The van der Waals surface area contributed by atoms with E-state index in [1.54, 1.807) is 42.3 Å². The van der Waals surface area contributed by atoms with Crippen LogP contribution in [-0.2, 0) is 10.0 Å². The number of piperidine rings is 1. The highest BCUT2D eigenvalue weighted by Crippen LogP contribution is 2.39. The Bertz CT molecular complexity index is 933. The van der Waals surface area contributed by atoms with Crippen LogP contribution in [0.2, 0.25) is 0 Å². The van der Waals surface area contributed by atoms with Gasteiger partial charge in [0, 0.05) is 36.0 Å². The summed E-state index contributed by atoms with van der Waals surface area (Å²) in [5.41, 5.74) is 1.31. The van der Waals surface area contributed by atoms with Crippen LogP contribution in [0.15, 0.2) is 35.2 Å². The summed E-state index contributed by atoms with van der Waals surface area (Å²) in [4.78, 5) is 14.1. The summed E-state index contributed by atoms with van der Waals surface area (Å²) < 4.78 is 28.6. The lowest BCUT2D eigenvalue weighted by Crippen LogP contribution is -2.45. The van der Waals surface area contributed by atoms with Crippen molar-refractivity contribution in [3.8, 4) is 0 Å². The molecule has 1 amide bonds. The van der Waals surface area contributed by atoms with E-state index in [1.807, 2.05) is 0 Å². The first-order valence-electron chi connectivity index (χ1n) is 8.06. The molecule has 1 fully saturated rings.